The number of halogens is 3. The van der Waals surface area contributed by atoms with Crippen molar-refractivity contribution < 1.29 is 27.9 Å². The van der Waals surface area contributed by atoms with Gasteiger partial charge in [0.25, 0.3) is 5.91 Å². The van der Waals surface area contributed by atoms with Crippen LogP contribution in [-0.4, -0.2) is 47.1 Å². The second kappa shape index (κ2) is 7.21. The Morgan fingerprint density at radius 1 is 1.25 bits per heavy atom. The van der Waals surface area contributed by atoms with Crippen molar-refractivity contribution in [1.82, 2.24) is 10.2 Å². The van der Waals surface area contributed by atoms with Crippen LogP contribution < -0.4 is 5.32 Å². The van der Waals surface area contributed by atoms with Gasteiger partial charge in [0.2, 0.25) is 5.91 Å². The molecular formula is C16H19F3N2O3. The van der Waals surface area contributed by atoms with E-state index in [-0.39, 0.29) is 31.0 Å². The first kappa shape index (κ1) is 18.3. The van der Waals surface area contributed by atoms with Gasteiger partial charge in [-0.05, 0) is 31.0 Å². The first-order chi connectivity index (χ1) is 11.2. The van der Waals surface area contributed by atoms with Gasteiger partial charge in [0.05, 0.1) is 17.7 Å². The Hall–Kier alpha value is -2.09. The van der Waals surface area contributed by atoms with Crippen molar-refractivity contribution in [2.75, 3.05) is 13.1 Å². The minimum Gasteiger partial charge on any atom is -0.391 e. The highest BCUT2D eigenvalue weighted by molar-refractivity contribution is 5.94. The topological polar surface area (TPSA) is 69.6 Å². The average Bonchev–Trinajstić information content (AvgIpc) is 2.68. The van der Waals surface area contributed by atoms with Crippen LogP contribution in [0.4, 0.5) is 13.2 Å². The second-order valence-electron chi connectivity index (χ2n) is 5.82. The monoisotopic (exact) mass is 344 g/mol. The minimum atomic E-state index is -4.51. The van der Waals surface area contributed by atoms with Crippen LogP contribution in [0.15, 0.2) is 24.3 Å². The summed E-state index contributed by atoms with van der Waals surface area (Å²) in [6.45, 7) is 1.80. The van der Waals surface area contributed by atoms with Crippen LogP contribution in [0.2, 0.25) is 0 Å². The van der Waals surface area contributed by atoms with Crippen LogP contribution in [0.5, 0.6) is 0 Å². The van der Waals surface area contributed by atoms with Gasteiger partial charge in [-0.3, -0.25) is 9.59 Å². The van der Waals surface area contributed by atoms with Gasteiger partial charge in [-0.1, -0.05) is 6.07 Å². The molecule has 2 atom stereocenters. The molecule has 0 aromatic heterocycles. The zero-order chi connectivity index (χ0) is 17.9. The van der Waals surface area contributed by atoms with E-state index in [0.717, 1.165) is 12.1 Å². The quantitative estimate of drug-likeness (QED) is 0.860. The Kier molecular flexibility index (Phi) is 5.48. The van der Waals surface area contributed by atoms with Crippen LogP contribution in [0.3, 0.4) is 0 Å². The molecule has 1 heterocycles. The number of aliphatic hydroxyl groups is 1. The molecule has 2 N–H and O–H groups in total. The Balaban J connectivity index is 2.12. The number of nitrogens with zero attached hydrogens (tertiary/aromatic N) is 1. The molecule has 1 saturated heterocycles. The summed E-state index contributed by atoms with van der Waals surface area (Å²) in [4.78, 5) is 25.0. The van der Waals surface area contributed by atoms with E-state index in [1.807, 2.05) is 0 Å². The maximum Gasteiger partial charge on any atom is 0.416 e. The zero-order valence-electron chi connectivity index (χ0n) is 13.1. The maximum atomic E-state index is 12.8. The van der Waals surface area contributed by atoms with Crippen molar-refractivity contribution in [3.8, 4) is 0 Å². The Morgan fingerprint density at radius 2 is 1.92 bits per heavy atom. The number of hydrogen-bond donors (Lipinski definition) is 2. The van der Waals surface area contributed by atoms with Crippen molar-refractivity contribution in [3.05, 3.63) is 35.4 Å². The fourth-order valence-corrected chi connectivity index (χ4v) is 2.73. The molecule has 0 saturated carbocycles. The Bertz CT molecular complexity index is 619. The summed E-state index contributed by atoms with van der Waals surface area (Å²) in [5, 5.41) is 12.6. The lowest BCUT2D eigenvalue weighted by Crippen LogP contribution is -2.42. The minimum absolute atomic E-state index is 0.0442. The van der Waals surface area contributed by atoms with Gasteiger partial charge in [0, 0.05) is 25.6 Å². The molecule has 5 nitrogen and oxygen atoms in total. The van der Waals surface area contributed by atoms with Gasteiger partial charge >= 0.3 is 6.18 Å². The standard InChI is InChI=1S/C16H19F3N2O3/c1-10(22)20-13-5-7-21(8-6-14(13)23)15(24)11-3-2-4-12(9-11)16(17,18)19/h2-4,9,13-14,23H,5-8H2,1H3,(H,20,22)/t13-,14-/m0/s1. The lowest BCUT2D eigenvalue weighted by Gasteiger charge is -2.21. The third-order valence-electron chi connectivity index (χ3n) is 3.98. The number of carbonyl (C=O) groups excluding carboxylic acids is 2. The number of carbonyl (C=O) groups is 2. The Labute approximate surface area is 137 Å². The molecule has 1 fully saturated rings. The van der Waals surface area contributed by atoms with Crippen LogP contribution in [-0.2, 0) is 11.0 Å². The van der Waals surface area contributed by atoms with Crippen molar-refractivity contribution >= 4 is 11.8 Å². The van der Waals surface area contributed by atoms with E-state index in [0.29, 0.717) is 6.42 Å². The number of alkyl halides is 3. The fraction of sp³-hybridized carbons (Fsp3) is 0.500. The fourth-order valence-electron chi connectivity index (χ4n) is 2.73. The summed E-state index contributed by atoms with van der Waals surface area (Å²) in [6, 6.07) is 3.81. The predicted octanol–water partition coefficient (Wildman–Crippen LogP) is 1.81. The molecular weight excluding hydrogens is 325 g/mol. The van der Waals surface area contributed by atoms with Crippen molar-refractivity contribution in [1.29, 1.82) is 0 Å². The molecule has 2 rings (SSSR count). The number of nitrogens with one attached hydrogen (secondary N) is 1. The highest BCUT2D eigenvalue weighted by atomic mass is 19.4. The van der Waals surface area contributed by atoms with Gasteiger partial charge in [-0.2, -0.15) is 13.2 Å². The van der Waals surface area contributed by atoms with Crippen molar-refractivity contribution in [3.63, 3.8) is 0 Å². The molecule has 0 bridgehead atoms. The van der Waals surface area contributed by atoms with Gasteiger partial charge < -0.3 is 15.3 Å². The number of benzene rings is 1. The van der Waals surface area contributed by atoms with E-state index in [2.05, 4.69) is 5.32 Å². The summed E-state index contributed by atoms with van der Waals surface area (Å²) in [6.07, 6.45) is -4.73. The molecule has 8 heteroatoms. The average molecular weight is 344 g/mol. The molecule has 0 spiro atoms. The highest BCUT2D eigenvalue weighted by Gasteiger charge is 2.32. The summed E-state index contributed by atoms with van der Waals surface area (Å²) >= 11 is 0. The van der Waals surface area contributed by atoms with E-state index < -0.39 is 29.8 Å². The van der Waals surface area contributed by atoms with E-state index in [4.69, 9.17) is 0 Å². The van der Waals surface area contributed by atoms with Crippen LogP contribution in [0.1, 0.15) is 35.7 Å². The first-order valence-corrected chi connectivity index (χ1v) is 7.60. The summed E-state index contributed by atoms with van der Waals surface area (Å²) in [5.41, 5.74) is -0.920. The van der Waals surface area contributed by atoms with E-state index in [1.54, 1.807) is 0 Å². The lowest BCUT2D eigenvalue weighted by molar-refractivity contribution is -0.137. The van der Waals surface area contributed by atoms with Gasteiger partial charge in [-0.25, -0.2) is 0 Å². The number of aliphatic hydroxyl groups excluding tert-OH is 1. The van der Waals surface area contributed by atoms with Gasteiger partial charge in [-0.15, -0.1) is 0 Å². The molecule has 0 radical (unpaired) electrons. The number of hydrogen-bond acceptors (Lipinski definition) is 3. The molecule has 0 aliphatic carbocycles. The smallest absolute Gasteiger partial charge is 0.391 e. The second-order valence-corrected chi connectivity index (χ2v) is 5.82. The normalized spacial score (nSPS) is 22.0. The van der Waals surface area contributed by atoms with Crippen LogP contribution >= 0.6 is 0 Å². The molecule has 1 aromatic carbocycles. The predicted molar refractivity (Wildman–Crippen MR) is 80.2 cm³/mol. The molecule has 1 aliphatic rings. The van der Waals surface area contributed by atoms with E-state index in [1.165, 1.54) is 24.0 Å². The molecule has 132 valence electrons. The number of likely N-dealkylation sites (tertiary alicyclic amines) is 1. The largest absolute Gasteiger partial charge is 0.416 e. The molecule has 1 aliphatic heterocycles. The highest BCUT2D eigenvalue weighted by Crippen LogP contribution is 2.30. The van der Waals surface area contributed by atoms with Crippen LogP contribution in [0.25, 0.3) is 0 Å². The van der Waals surface area contributed by atoms with Gasteiger partial charge in [0.1, 0.15) is 0 Å². The first-order valence-electron chi connectivity index (χ1n) is 7.60. The summed E-state index contributed by atoms with van der Waals surface area (Å²) in [5.74, 6) is -0.798. The lowest BCUT2D eigenvalue weighted by atomic mass is 10.1. The third kappa shape index (κ3) is 4.47. The van der Waals surface area contributed by atoms with Crippen molar-refractivity contribution in [2.45, 2.75) is 38.1 Å². The van der Waals surface area contributed by atoms with E-state index in [9.17, 15) is 27.9 Å². The van der Waals surface area contributed by atoms with Crippen LogP contribution in [0, 0.1) is 0 Å². The Morgan fingerprint density at radius 3 is 2.54 bits per heavy atom. The zero-order valence-corrected chi connectivity index (χ0v) is 13.1. The SMILES string of the molecule is CC(=O)N[C@H]1CCN(C(=O)c2cccc(C(F)(F)F)c2)CC[C@@H]1O. The summed E-state index contributed by atoms with van der Waals surface area (Å²) < 4.78 is 38.3. The molecule has 24 heavy (non-hydrogen) atoms. The van der Waals surface area contributed by atoms with Gasteiger partial charge in [0.15, 0.2) is 0 Å². The maximum absolute atomic E-state index is 12.8. The summed E-state index contributed by atoms with van der Waals surface area (Å²) in [7, 11) is 0. The molecule has 2 amide bonds. The van der Waals surface area contributed by atoms with E-state index >= 15 is 0 Å². The number of amides is 2. The molecule has 0 unspecified atom stereocenters. The third-order valence-corrected chi connectivity index (χ3v) is 3.98. The number of rotatable bonds is 2. The molecule has 1 aromatic rings. The van der Waals surface area contributed by atoms with Crippen molar-refractivity contribution in [2.24, 2.45) is 0 Å².